The van der Waals surface area contributed by atoms with Crippen molar-refractivity contribution in [2.45, 2.75) is 245 Å². The highest BCUT2D eigenvalue weighted by molar-refractivity contribution is 5.10. The molecule has 0 saturated heterocycles. The van der Waals surface area contributed by atoms with Crippen molar-refractivity contribution in [3.8, 4) is 0 Å². The number of hydrogen-bond donors (Lipinski definition) is 0. The van der Waals surface area contributed by atoms with Gasteiger partial charge in [-0.2, -0.15) is 0 Å². The Morgan fingerprint density at radius 2 is 0.784 bits per heavy atom. The summed E-state index contributed by atoms with van der Waals surface area (Å²) in [7, 11) is 0. The molecular formula is C51H90. The molecule has 3 aliphatic rings. The monoisotopic (exact) mass is 703 g/mol. The molecule has 3 saturated carbocycles. The highest BCUT2D eigenvalue weighted by Crippen LogP contribution is 2.70. The first-order chi connectivity index (χ1) is 25.1. The van der Waals surface area contributed by atoms with E-state index in [9.17, 15) is 0 Å². The van der Waals surface area contributed by atoms with Gasteiger partial charge in [-0.25, -0.2) is 0 Å². The van der Waals surface area contributed by atoms with E-state index in [4.69, 9.17) is 0 Å². The van der Waals surface area contributed by atoms with E-state index < -0.39 is 0 Å². The van der Waals surface area contributed by atoms with E-state index >= 15 is 0 Å². The minimum atomic E-state index is 0.727. The van der Waals surface area contributed by atoms with E-state index in [0.29, 0.717) is 0 Å². The minimum Gasteiger partial charge on any atom is -0.0882 e. The fraction of sp³-hybridized carbons (Fsp3) is 0.843. The van der Waals surface area contributed by atoms with Gasteiger partial charge in [0.2, 0.25) is 0 Å². The third-order valence-corrected chi connectivity index (χ3v) is 13.6. The summed E-state index contributed by atoms with van der Waals surface area (Å²) < 4.78 is 0. The van der Waals surface area contributed by atoms with Gasteiger partial charge < -0.3 is 0 Å². The normalized spacial score (nSPS) is 22.5. The van der Waals surface area contributed by atoms with Crippen LogP contribution in [0.2, 0.25) is 0 Å². The molecule has 0 aromatic heterocycles. The number of fused-ring (bicyclic) bond motifs is 1. The molecule has 0 amide bonds. The molecule has 0 aromatic carbocycles. The number of hydrogen-bond acceptors (Lipinski definition) is 0. The first-order valence-corrected chi connectivity index (χ1v) is 23.7. The van der Waals surface area contributed by atoms with Crippen LogP contribution in [0.25, 0.3) is 0 Å². The lowest BCUT2D eigenvalue weighted by Crippen LogP contribution is -2.45. The molecule has 0 heteroatoms. The van der Waals surface area contributed by atoms with E-state index in [1.54, 1.807) is 51.4 Å². The Labute approximate surface area is 321 Å². The van der Waals surface area contributed by atoms with Gasteiger partial charge in [0.15, 0.2) is 0 Å². The van der Waals surface area contributed by atoms with Crippen molar-refractivity contribution in [1.29, 1.82) is 0 Å². The standard InChI is InChI=1S/C51H90/c1-4-7-10-12-14-16-18-20-22-24-26-28-30-32-34-36-39-50(45-51(46-50)43-48-41-47(38-9-6-3)42-49(48)44-51)40-37-35-33-31-29-27-25-23-21-19-17-15-13-11-8-5-2/h14-17,20-23,47-49H,4-13,18-19,24-46H2,1-3H3/b16-14-,17-15-,22-20-,23-21-/t47?,48-,49+. The van der Waals surface area contributed by atoms with Gasteiger partial charge in [0.1, 0.15) is 0 Å². The van der Waals surface area contributed by atoms with Gasteiger partial charge in [-0.05, 0) is 144 Å². The van der Waals surface area contributed by atoms with E-state index in [2.05, 4.69) is 69.4 Å². The molecule has 0 radical (unpaired) electrons. The Morgan fingerprint density at radius 3 is 1.20 bits per heavy atom. The maximum atomic E-state index is 2.43. The third-order valence-electron chi connectivity index (χ3n) is 13.6. The number of rotatable bonds is 33. The molecule has 1 unspecified atom stereocenters. The van der Waals surface area contributed by atoms with Gasteiger partial charge >= 0.3 is 0 Å². The van der Waals surface area contributed by atoms with E-state index in [0.717, 1.165) is 41.4 Å². The van der Waals surface area contributed by atoms with Crippen LogP contribution in [0.1, 0.15) is 245 Å². The second-order valence-corrected chi connectivity index (χ2v) is 18.4. The number of unbranched alkanes of at least 4 members (excludes halogenated alkanes) is 19. The van der Waals surface area contributed by atoms with Crippen LogP contribution in [-0.4, -0.2) is 0 Å². The summed E-state index contributed by atoms with van der Waals surface area (Å²) in [4.78, 5) is 0. The van der Waals surface area contributed by atoms with Gasteiger partial charge in [-0.15, -0.1) is 0 Å². The summed E-state index contributed by atoms with van der Waals surface area (Å²) in [6.45, 7) is 6.95. The van der Waals surface area contributed by atoms with Crippen LogP contribution in [0.3, 0.4) is 0 Å². The van der Waals surface area contributed by atoms with Crippen molar-refractivity contribution in [3.63, 3.8) is 0 Å². The van der Waals surface area contributed by atoms with Gasteiger partial charge in [-0.1, -0.05) is 179 Å². The minimum absolute atomic E-state index is 0.727. The van der Waals surface area contributed by atoms with Gasteiger partial charge in [-0.3, -0.25) is 0 Å². The first-order valence-electron chi connectivity index (χ1n) is 23.7. The Morgan fingerprint density at radius 1 is 0.412 bits per heavy atom. The van der Waals surface area contributed by atoms with Crippen molar-refractivity contribution >= 4 is 0 Å². The maximum Gasteiger partial charge on any atom is -0.0169 e. The summed E-state index contributed by atoms with van der Waals surface area (Å²) in [6, 6.07) is 0. The highest BCUT2D eigenvalue weighted by atomic mass is 14.6. The SMILES string of the molecule is CCCCC/C=C\C/C=C\CCCCCCCCC1(CCCCCCCC/C=C\C/C=C\CCCCC)CC2(C[C@H]3CC(CCCC)C[C@H]3C2)C1. The molecule has 3 fully saturated rings. The summed E-state index contributed by atoms with van der Waals surface area (Å²) in [5, 5.41) is 0. The average Bonchev–Trinajstić information content (AvgIpc) is 3.66. The Kier molecular flexibility index (Phi) is 24.7. The summed E-state index contributed by atoms with van der Waals surface area (Å²) in [6.07, 6.45) is 69.3. The molecule has 3 atom stereocenters. The zero-order valence-corrected chi connectivity index (χ0v) is 35.1. The molecule has 0 N–H and O–H groups in total. The Bertz CT molecular complexity index is 858. The van der Waals surface area contributed by atoms with Crippen LogP contribution in [0, 0.1) is 28.6 Å². The third kappa shape index (κ3) is 19.2. The fourth-order valence-electron chi connectivity index (χ4n) is 11.0. The van der Waals surface area contributed by atoms with Gasteiger partial charge in [0.25, 0.3) is 0 Å². The van der Waals surface area contributed by atoms with Crippen molar-refractivity contribution in [2.75, 3.05) is 0 Å². The second-order valence-electron chi connectivity index (χ2n) is 18.4. The quantitative estimate of drug-likeness (QED) is 0.0472. The number of allylic oxidation sites excluding steroid dienone is 8. The van der Waals surface area contributed by atoms with E-state index in [1.165, 1.54) is 161 Å². The predicted octanol–water partition coefficient (Wildman–Crippen LogP) is 17.8. The molecule has 0 nitrogen and oxygen atoms in total. The van der Waals surface area contributed by atoms with Crippen LogP contribution in [0.5, 0.6) is 0 Å². The molecular weight excluding hydrogens is 613 g/mol. The molecule has 0 bridgehead atoms. The van der Waals surface area contributed by atoms with Crippen molar-refractivity contribution in [1.82, 2.24) is 0 Å². The van der Waals surface area contributed by atoms with Crippen LogP contribution < -0.4 is 0 Å². The zero-order valence-electron chi connectivity index (χ0n) is 35.1. The highest BCUT2D eigenvalue weighted by Gasteiger charge is 2.59. The lowest BCUT2D eigenvalue weighted by atomic mass is 9.48. The lowest BCUT2D eigenvalue weighted by molar-refractivity contribution is -0.0584. The van der Waals surface area contributed by atoms with Crippen molar-refractivity contribution in [2.24, 2.45) is 28.6 Å². The Balaban J connectivity index is 1.26. The van der Waals surface area contributed by atoms with E-state index in [-0.39, 0.29) is 0 Å². The van der Waals surface area contributed by atoms with Crippen LogP contribution in [0.15, 0.2) is 48.6 Å². The average molecular weight is 703 g/mol. The van der Waals surface area contributed by atoms with E-state index in [1.807, 2.05) is 0 Å². The van der Waals surface area contributed by atoms with Crippen molar-refractivity contribution in [3.05, 3.63) is 48.6 Å². The molecule has 3 aliphatic carbocycles. The fourth-order valence-corrected chi connectivity index (χ4v) is 11.0. The molecule has 0 aromatic rings. The summed E-state index contributed by atoms with van der Waals surface area (Å²) in [5.41, 5.74) is 1.51. The molecule has 51 heavy (non-hydrogen) atoms. The zero-order chi connectivity index (χ0) is 36.1. The largest absolute Gasteiger partial charge is 0.0882 e. The Hall–Kier alpha value is -1.04. The van der Waals surface area contributed by atoms with Crippen molar-refractivity contribution < 1.29 is 0 Å². The summed E-state index contributed by atoms with van der Waals surface area (Å²) in [5.74, 6) is 3.29. The molecule has 294 valence electrons. The first kappa shape index (κ1) is 44.4. The van der Waals surface area contributed by atoms with Crippen LogP contribution in [-0.2, 0) is 0 Å². The second kappa shape index (κ2) is 28.4. The molecule has 3 rings (SSSR count). The molecule has 0 heterocycles. The lowest BCUT2D eigenvalue weighted by Gasteiger charge is -2.57. The molecule has 1 spiro atoms. The topological polar surface area (TPSA) is 0 Å². The van der Waals surface area contributed by atoms with Gasteiger partial charge in [0.05, 0.1) is 0 Å². The van der Waals surface area contributed by atoms with Gasteiger partial charge in [0, 0.05) is 0 Å². The molecule has 0 aliphatic heterocycles. The summed E-state index contributed by atoms with van der Waals surface area (Å²) >= 11 is 0. The maximum absolute atomic E-state index is 2.43. The smallest absolute Gasteiger partial charge is 0.0169 e. The van der Waals surface area contributed by atoms with Crippen LogP contribution in [0.4, 0.5) is 0 Å². The van der Waals surface area contributed by atoms with Crippen LogP contribution >= 0.6 is 0 Å². The predicted molar refractivity (Wildman–Crippen MR) is 231 cm³/mol.